The Kier molecular flexibility index (Phi) is 8.81. The monoisotopic (exact) mass is 671 g/mol. The predicted molar refractivity (Wildman–Crippen MR) is 148 cm³/mol. The molecule has 0 spiro atoms. The Labute approximate surface area is 252 Å². The Balaban J connectivity index is 1.29. The number of hydrogen-bond acceptors (Lipinski definition) is 13. The van der Waals surface area contributed by atoms with Crippen LogP contribution in [0.3, 0.4) is 0 Å². The van der Waals surface area contributed by atoms with Crippen molar-refractivity contribution < 1.29 is 47.6 Å². The van der Waals surface area contributed by atoms with Crippen molar-refractivity contribution in [3.63, 3.8) is 0 Å². The highest BCUT2D eigenvalue weighted by atomic mass is 32.2. The molecule has 4 N–H and O–H groups in total. The standard InChI is InChI=1S/C21H19FN9O8PS3/c1-29-5-6-30-12(29)3-2-11(25-30)41-7-4-10-8-42-19-14(18(33)31(19)15(10)20(34)35)23-17(32)13(26-39-9-22)16-24-21(43-28-16)27-40(36,37)38/h2-7,14,19H,8-9H2,1H3,(H4-,23,24,27,28,32,34,35,36,37,38)/b7-4+,26-13-/t14-,19-/m1/s1. The third-order valence-electron chi connectivity index (χ3n) is 5.84. The van der Waals surface area contributed by atoms with E-state index in [0.717, 1.165) is 10.5 Å². The van der Waals surface area contributed by atoms with Gasteiger partial charge in [-0.3, -0.25) is 19.6 Å². The Morgan fingerprint density at radius 1 is 1.42 bits per heavy atom. The topological polar surface area (TPSA) is 228 Å². The molecule has 2 aliphatic heterocycles. The summed E-state index contributed by atoms with van der Waals surface area (Å²) in [6, 6.07) is 2.49. The number of carboxylic acids is 1. The number of anilines is 1. The van der Waals surface area contributed by atoms with Crippen LogP contribution >= 0.6 is 42.8 Å². The fourth-order valence-electron chi connectivity index (χ4n) is 4.02. The zero-order valence-corrected chi connectivity index (χ0v) is 24.9. The van der Waals surface area contributed by atoms with Crippen LogP contribution < -0.4 is 20.1 Å². The fraction of sp³-hybridized carbons (Fsp3) is 0.238. The highest BCUT2D eigenvalue weighted by Gasteiger charge is 2.53. The molecule has 5 rings (SSSR count). The van der Waals surface area contributed by atoms with E-state index in [2.05, 4.69) is 29.8 Å². The highest BCUT2D eigenvalue weighted by molar-refractivity contribution is 8.02. The number of halogens is 1. The van der Waals surface area contributed by atoms with Crippen molar-refractivity contribution in [1.82, 2.24) is 29.2 Å². The third kappa shape index (κ3) is 6.55. The van der Waals surface area contributed by atoms with Gasteiger partial charge in [-0.2, -0.15) is 9.36 Å². The predicted octanol–water partition coefficient (Wildman–Crippen LogP) is -1.13. The Morgan fingerprint density at radius 2 is 2.21 bits per heavy atom. The van der Waals surface area contributed by atoms with E-state index in [4.69, 9.17) is 9.79 Å². The number of nitrogens with one attached hydrogen (secondary N) is 2. The van der Waals surface area contributed by atoms with Crippen molar-refractivity contribution in [2.75, 3.05) is 17.7 Å². The van der Waals surface area contributed by atoms with E-state index in [1.54, 1.807) is 27.3 Å². The van der Waals surface area contributed by atoms with Crippen LogP contribution in [0.1, 0.15) is 5.82 Å². The van der Waals surface area contributed by atoms with Crippen LogP contribution in [0.2, 0.25) is 0 Å². The third-order valence-corrected chi connectivity index (χ3v) is 9.16. The molecule has 0 bridgehead atoms. The number of thioether (sulfide) groups is 2. The van der Waals surface area contributed by atoms with E-state index < -0.39 is 55.3 Å². The van der Waals surface area contributed by atoms with E-state index in [1.165, 1.54) is 23.5 Å². The summed E-state index contributed by atoms with van der Waals surface area (Å²) in [6.07, 6.45) is 5.19. The summed E-state index contributed by atoms with van der Waals surface area (Å²) in [4.78, 5) is 65.1. The van der Waals surface area contributed by atoms with Gasteiger partial charge in [0.2, 0.25) is 16.7 Å². The average molecular weight is 672 g/mol. The van der Waals surface area contributed by atoms with Gasteiger partial charge in [0.05, 0.1) is 18.7 Å². The molecule has 3 aromatic heterocycles. The number of carbonyl (C=O) groups excluding carboxylic acids is 3. The molecule has 2 aliphatic rings. The van der Waals surface area contributed by atoms with Crippen molar-refractivity contribution in [1.29, 1.82) is 0 Å². The summed E-state index contributed by atoms with van der Waals surface area (Å²) < 4.78 is 31.1. The SMILES string of the molecule is C[n+]1ccn2nc(S/C=C/C3=C(C(=O)[O-])N4C(=O)[C@@H](NC(=O)/C(=N\OCF)c5nsc(NP(=O)(O)O)n5)[C@H]4SC3)ccc21. The maximum atomic E-state index is 13.0. The van der Waals surface area contributed by atoms with Gasteiger partial charge in [0.1, 0.15) is 22.6 Å². The number of imidazole rings is 1. The number of alkyl halides is 1. The molecule has 22 heteroatoms. The lowest BCUT2D eigenvalue weighted by molar-refractivity contribution is -0.644. The number of amides is 2. The minimum absolute atomic E-state index is 0.165. The van der Waals surface area contributed by atoms with Gasteiger partial charge in [0, 0.05) is 23.4 Å². The van der Waals surface area contributed by atoms with Crippen molar-refractivity contribution in [2.24, 2.45) is 12.2 Å². The molecule has 17 nitrogen and oxygen atoms in total. The van der Waals surface area contributed by atoms with Crippen LogP contribution in [-0.4, -0.2) is 81.2 Å². The molecular weight excluding hydrogens is 652 g/mol. The Bertz CT molecular complexity index is 1760. The van der Waals surface area contributed by atoms with Gasteiger partial charge in [-0.15, -0.1) is 16.3 Å². The number of rotatable bonds is 11. The van der Waals surface area contributed by atoms with Gasteiger partial charge < -0.3 is 29.8 Å². The Hall–Kier alpha value is -3.88. The minimum atomic E-state index is -4.74. The first-order valence-electron chi connectivity index (χ1n) is 11.8. The lowest BCUT2D eigenvalue weighted by Crippen LogP contribution is -2.71. The average Bonchev–Trinajstić information content (AvgIpc) is 3.56. The van der Waals surface area contributed by atoms with E-state index >= 15 is 0 Å². The molecule has 1 fully saturated rings. The second-order valence-electron chi connectivity index (χ2n) is 8.58. The van der Waals surface area contributed by atoms with Crippen LogP contribution in [0.25, 0.3) is 5.65 Å². The van der Waals surface area contributed by atoms with Crippen LogP contribution in [0.4, 0.5) is 9.52 Å². The van der Waals surface area contributed by atoms with Gasteiger partial charge in [-0.25, -0.2) is 13.5 Å². The second kappa shape index (κ2) is 12.4. The molecule has 43 heavy (non-hydrogen) atoms. The largest absolute Gasteiger partial charge is 0.543 e. The molecule has 0 unspecified atom stereocenters. The number of fused-ring (bicyclic) bond motifs is 2. The van der Waals surface area contributed by atoms with Crippen LogP contribution in [0.5, 0.6) is 0 Å². The van der Waals surface area contributed by atoms with Crippen LogP contribution in [-0.2, 0) is 30.8 Å². The second-order valence-corrected chi connectivity index (χ2v) is 12.7. The van der Waals surface area contributed by atoms with Crippen LogP contribution in [0, 0.1) is 0 Å². The normalized spacial score (nSPS) is 19.0. The number of aryl methyl sites for hydroxylation is 1. The first-order chi connectivity index (χ1) is 20.5. The maximum Gasteiger partial charge on any atom is 0.429 e. The lowest BCUT2D eigenvalue weighted by atomic mass is 10.0. The molecule has 2 amide bonds. The summed E-state index contributed by atoms with van der Waals surface area (Å²) in [7, 11) is -2.85. The number of oxime groups is 1. The zero-order chi connectivity index (χ0) is 30.9. The van der Waals surface area contributed by atoms with E-state index in [1.807, 2.05) is 29.9 Å². The molecule has 2 atom stereocenters. The molecular formula is C21H19FN9O8PS3. The van der Waals surface area contributed by atoms with Gasteiger partial charge in [0.25, 0.3) is 18.7 Å². The van der Waals surface area contributed by atoms with E-state index in [9.17, 15) is 28.4 Å². The number of carbonyl (C=O) groups is 3. The lowest BCUT2D eigenvalue weighted by Gasteiger charge is -2.50. The van der Waals surface area contributed by atoms with Gasteiger partial charge in [-0.05, 0) is 23.1 Å². The van der Waals surface area contributed by atoms with E-state index in [0.29, 0.717) is 22.1 Å². The number of aromatic nitrogens is 5. The quantitative estimate of drug-likeness (QED) is 0.0473. The van der Waals surface area contributed by atoms with Gasteiger partial charge in [-0.1, -0.05) is 22.0 Å². The summed E-state index contributed by atoms with van der Waals surface area (Å²) in [5.74, 6) is -3.71. The molecule has 1 saturated heterocycles. The fourth-order valence-corrected chi connectivity index (χ4v) is 7.24. The van der Waals surface area contributed by atoms with Crippen molar-refractivity contribution in [3.8, 4) is 0 Å². The van der Waals surface area contributed by atoms with E-state index in [-0.39, 0.29) is 16.6 Å². The first-order valence-corrected chi connectivity index (χ1v) is 16.1. The summed E-state index contributed by atoms with van der Waals surface area (Å²) in [5.41, 5.74) is 0.161. The summed E-state index contributed by atoms with van der Waals surface area (Å²) in [6.45, 7) is -1.42. The zero-order valence-electron chi connectivity index (χ0n) is 21.6. The molecule has 0 saturated carbocycles. The van der Waals surface area contributed by atoms with Gasteiger partial charge >= 0.3 is 13.4 Å². The number of allylic oxidation sites excluding steroid dienone is 1. The molecule has 3 aromatic rings. The molecule has 226 valence electrons. The number of nitrogens with zero attached hydrogens (tertiary/aromatic N) is 7. The van der Waals surface area contributed by atoms with Gasteiger partial charge in [0.15, 0.2) is 6.20 Å². The van der Waals surface area contributed by atoms with Crippen molar-refractivity contribution in [2.45, 2.75) is 16.4 Å². The summed E-state index contributed by atoms with van der Waals surface area (Å²) in [5, 5.41) is 25.1. The van der Waals surface area contributed by atoms with Crippen LogP contribution in [0.15, 0.2) is 57.5 Å². The number of hydrogen-bond donors (Lipinski definition) is 4. The smallest absolute Gasteiger partial charge is 0.429 e. The maximum absolute atomic E-state index is 13.0. The molecule has 0 aliphatic carbocycles. The number of carboxylic acid groups (broad SMARTS) is 1. The number of aliphatic carboxylic acids is 1. The number of β-lactam (4-membered cyclic amide) rings is 1. The molecule has 0 radical (unpaired) electrons. The first kappa shape index (κ1) is 30.6. The highest BCUT2D eigenvalue weighted by Crippen LogP contribution is 2.41. The van der Waals surface area contributed by atoms with Crippen molar-refractivity contribution >= 4 is 77.1 Å². The molecule has 0 aromatic carbocycles. The minimum Gasteiger partial charge on any atom is -0.543 e. The summed E-state index contributed by atoms with van der Waals surface area (Å²) >= 11 is 2.91. The molecule has 5 heterocycles. The Morgan fingerprint density at radius 3 is 2.93 bits per heavy atom. The van der Waals surface area contributed by atoms with Crippen molar-refractivity contribution in [3.05, 3.63) is 53.1 Å².